The highest BCUT2D eigenvalue weighted by atomic mass is 32.2. The molecular formula is C12H16FNOS. The first-order valence-corrected chi connectivity index (χ1v) is 6.51. The molecule has 1 unspecified atom stereocenters. The fourth-order valence-corrected chi connectivity index (χ4v) is 2.99. The maximum atomic E-state index is 13.6. The Morgan fingerprint density at radius 2 is 2.38 bits per heavy atom. The van der Waals surface area contributed by atoms with Gasteiger partial charge in [-0.3, -0.25) is 0 Å². The van der Waals surface area contributed by atoms with Crippen LogP contribution in [0.3, 0.4) is 0 Å². The quantitative estimate of drug-likeness (QED) is 0.823. The summed E-state index contributed by atoms with van der Waals surface area (Å²) in [4.78, 5) is 0.681. The Hall–Kier alpha value is -0.580. The van der Waals surface area contributed by atoms with Crippen molar-refractivity contribution in [3.05, 3.63) is 29.6 Å². The summed E-state index contributed by atoms with van der Waals surface area (Å²) in [5.41, 5.74) is 6.47. The number of nitrogens with two attached hydrogens (primary N) is 1. The van der Waals surface area contributed by atoms with Crippen LogP contribution in [0.15, 0.2) is 23.1 Å². The van der Waals surface area contributed by atoms with E-state index >= 15 is 0 Å². The topological polar surface area (TPSA) is 35.2 Å². The third kappa shape index (κ3) is 2.75. The Morgan fingerprint density at radius 1 is 1.50 bits per heavy atom. The minimum Gasteiger partial charge on any atom is -0.377 e. The molecule has 0 aromatic heterocycles. The molecule has 2 rings (SSSR count). The van der Waals surface area contributed by atoms with Crippen molar-refractivity contribution >= 4 is 11.8 Å². The van der Waals surface area contributed by atoms with Crippen LogP contribution in [0.1, 0.15) is 18.4 Å². The Bertz CT molecular complexity index is 353. The second kappa shape index (κ2) is 5.66. The number of thioether (sulfide) groups is 1. The van der Waals surface area contributed by atoms with Gasteiger partial charge >= 0.3 is 0 Å². The standard InChI is InChI=1S/C12H16FNOS/c13-11-5-1-3-9(7-14)12(11)16-8-10-4-2-6-15-10/h1,3,5,10H,2,4,6-8,14H2. The molecule has 1 aromatic rings. The summed E-state index contributed by atoms with van der Waals surface area (Å²) in [5, 5.41) is 0. The number of ether oxygens (including phenoxy) is 1. The van der Waals surface area contributed by atoms with Gasteiger partial charge in [-0.05, 0) is 24.5 Å². The van der Waals surface area contributed by atoms with Crippen LogP contribution in [0.4, 0.5) is 4.39 Å². The van der Waals surface area contributed by atoms with E-state index in [1.165, 1.54) is 17.8 Å². The van der Waals surface area contributed by atoms with Gasteiger partial charge in [0.2, 0.25) is 0 Å². The molecule has 1 aliphatic rings. The molecule has 2 nitrogen and oxygen atoms in total. The maximum Gasteiger partial charge on any atom is 0.137 e. The third-order valence-electron chi connectivity index (χ3n) is 2.71. The van der Waals surface area contributed by atoms with Gasteiger partial charge in [0.25, 0.3) is 0 Å². The van der Waals surface area contributed by atoms with Crippen LogP contribution in [0.5, 0.6) is 0 Å². The molecular weight excluding hydrogens is 225 g/mol. The van der Waals surface area contributed by atoms with Gasteiger partial charge in [0.15, 0.2) is 0 Å². The number of hydrogen-bond acceptors (Lipinski definition) is 3. The number of halogens is 1. The normalized spacial score (nSPS) is 20.2. The van der Waals surface area contributed by atoms with Crippen molar-refractivity contribution in [1.29, 1.82) is 0 Å². The number of benzene rings is 1. The predicted molar refractivity (Wildman–Crippen MR) is 64.0 cm³/mol. The molecule has 0 saturated carbocycles. The minimum atomic E-state index is -0.175. The van der Waals surface area contributed by atoms with E-state index in [-0.39, 0.29) is 11.9 Å². The molecule has 1 atom stereocenters. The van der Waals surface area contributed by atoms with Gasteiger partial charge < -0.3 is 10.5 Å². The molecule has 1 aliphatic heterocycles. The molecule has 4 heteroatoms. The Labute approximate surface area is 99.4 Å². The molecule has 0 bridgehead atoms. The molecule has 1 fully saturated rings. The van der Waals surface area contributed by atoms with Crippen LogP contribution >= 0.6 is 11.8 Å². The van der Waals surface area contributed by atoms with Crippen molar-refractivity contribution in [2.45, 2.75) is 30.4 Å². The van der Waals surface area contributed by atoms with Gasteiger partial charge in [-0.25, -0.2) is 4.39 Å². The van der Waals surface area contributed by atoms with Crippen LogP contribution in [0, 0.1) is 5.82 Å². The van der Waals surface area contributed by atoms with Crippen molar-refractivity contribution < 1.29 is 9.13 Å². The van der Waals surface area contributed by atoms with E-state index in [2.05, 4.69) is 0 Å². The predicted octanol–water partition coefficient (Wildman–Crippen LogP) is 2.56. The van der Waals surface area contributed by atoms with E-state index in [0.717, 1.165) is 30.8 Å². The summed E-state index contributed by atoms with van der Waals surface area (Å²) in [7, 11) is 0. The zero-order valence-electron chi connectivity index (χ0n) is 9.12. The van der Waals surface area contributed by atoms with Gasteiger partial charge in [-0.1, -0.05) is 12.1 Å². The third-order valence-corrected chi connectivity index (χ3v) is 3.99. The SMILES string of the molecule is NCc1cccc(F)c1SCC1CCCO1. The Balaban J connectivity index is 2.01. The summed E-state index contributed by atoms with van der Waals surface area (Å²) in [6, 6.07) is 5.06. The summed E-state index contributed by atoms with van der Waals surface area (Å²) >= 11 is 1.52. The molecule has 0 spiro atoms. The first kappa shape index (κ1) is 11.9. The minimum absolute atomic E-state index is 0.175. The highest BCUT2D eigenvalue weighted by Crippen LogP contribution is 2.28. The second-order valence-electron chi connectivity index (χ2n) is 3.88. The number of rotatable bonds is 4. The monoisotopic (exact) mass is 241 g/mol. The van der Waals surface area contributed by atoms with E-state index in [1.807, 2.05) is 6.07 Å². The average Bonchev–Trinajstić information content (AvgIpc) is 2.80. The fourth-order valence-electron chi connectivity index (χ4n) is 1.83. The Morgan fingerprint density at radius 3 is 3.06 bits per heavy atom. The van der Waals surface area contributed by atoms with Gasteiger partial charge in [0.1, 0.15) is 5.82 Å². The zero-order valence-corrected chi connectivity index (χ0v) is 9.93. The lowest BCUT2D eigenvalue weighted by atomic mass is 10.2. The first-order valence-electron chi connectivity index (χ1n) is 5.53. The summed E-state index contributed by atoms with van der Waals surface area (Å²) < 4.78 is 19.1. The van der Waals surface area contributed by atoms with Crippen LogP contribution < -0.4 is 5.73 Å². The zero-order chi connectivity index (χ0) is 11.4. The van der Waals surface area contributed by atoms with Crippen molar-refractivity contribution in [3.63, 3.8) is 0 Å². The fraction of sp³-hybridized carbons (Fsp3) is 0.500. The lowest BCUT2D eigenvalue weighted by Gasteiger charge is -2.11. The van der Waals surface area contributed by atoms with E-state index < -0.39 is 0 Å². The molecule has 2 N–H and O–H groups in total. The van der Waals surface area contributed by atoms with Crippen LogP contribution in [-0.4, -0.2) is 18.5 Å². The smallest absolute Gasteiger partial charge is 0.137 e. The van der Waals surface area contributed by atoms with E-state index in [9.17, 15) is 4.39 Å². The van der Waals surface area contributed by atoms with Crippen molar-refractivity contribution in [1.82, 2.24) is 0 Å². The first-order chi connectivity index (χ1) is 7.81. The molecule has 16 heavy (non-hydrogen) atoms. The molecule has 0 radical (unpaired) electrons. The molecule has 1 saturated heterocycles. The van der Waals surface area contributed by atoms with Crippen LogP contribution in [0.2, 0.25) is 0 Å². The Kier molecular flexibility index (Phi) is 4.21. The lowest BCUT2D eigenvalue weighted by Crippen LogP contribution is -2.09. The van der Waals surface area contributed by atoms with Gasteiger partial charge in [-0.2, -0.15) is 0 Å². The van der Waals surface area contributed by atoms with Gasteiger partial charge in [-0.15, -0.1) is 11.8 Å². The summed E-state index contributed by atoms with van der Waals surface area (Å²) in [5.74, 6) is 0.638. The molecule has 0 amide bonds. The van der Waals surface area contributed by atoms with Crippen molar-refractivity contribution in [3.8, 4) is 0 Å². The highest BCUT2D eigenvalue weighted by Gasteiger charge is 2.17. The molecule has 0 aliphatic carbocycles. The van der Waals surface area contributed by atoms with E-state index in [1.54, 1.807) is 6.07 Å². The second-order valence-corrected chi connectivity index (χ2v) is 4.91. The molecule has 1 heterocycles. The van der Waals surface area contributed by atoms with Gasteiger partial charge in [0.05, 0.1) is 6.10 Å². The largest absolute Gasteiger partial charge is 0.377 e. The van der Waals surface area contributed by atoms with Crippen LogP contribution in [0.25, 0.3) is 0 Å². The molecule has 88 valence electrons. The maximum absolute atomic E-state index is 13.6. The number of hydrogen-bond donors (Lipinski definition) is 1. The van der Waals surface area contributed by atoms with E-state index in [0.29, 0.717) is 11.4 Å². The van der Waals surface area contributed by atoms with Crippen molar-refractivity contribution in [2.24, 2.45) is 5.73 Å². The average molecular weight is 241 g/mol. The van der Waals surface area contributed by atoms with Crippen LogP contribution in [-0.2, 0) is 11.3 Å². The van der Waals surface area contributed by atoms with Crippen molar-refractivity contribution in [2.75, 3.05) is 12.4 Å². The van der Waals surface area contributed by atoms with Gasteiger partial charge in [0, 0.05) is 23.8 Å². The van der Waals surface area contributed by atoms with E-state index in [4.69, 9.17) is 10.5 Å². The summed E-state index contributed by atoms with van der Waals surface area (Å²) in [6.07, 6.45) is 2.47. The molecule has 1 aromatic carbocycles. The summed E-state index contributed by atoms with van der Waals surface area (Å²) in [6.45, 7) is 1.22. The lowest BCUT2D eigenvalue weighted by molar-refractivity contribution is 0.129. The highest BCUT2D eigenvalue weighted by molar-refractivity contribution is 7.99.